The molecule has 0 aliphatic heterocycles. The van der Waals surface area contributed by atoms with E-state index in [4.69, 9.17) is 28.3 Å². The van der Waals surface area contributed by atoms with Crippen LogP contribution < -0.4 is 5.32 Å². The standard InChI is InChI=1S/C14H15Cl2NO2S/c15-10-2-4-12(16)13(6-10)20-8-14(19)17-11-3-1-9(5-11)7-18/h1-4,6,9,11,18H,5,7-8H2,(H,17,19)/t9-,11+/m0/s1. The summed E-state index contributed by atoms with van der Waals surface area (Å²) in [7, 11) is 0. The lowest BCUT2D eigenvalue weighted by molar-refractivity contribution is -0.119. The maximum absolute atomic E-state index is 11.9. The van der Waals surface area contributed by atoms with Gasteiger partial charge in [0, 0.05) is 28.5 Å². The number of thioether (sulfide) groups is 1. The predicted octanol–water partition coefficient (Wildman–Crippen LogP) is 3.14. The van der Waals surface area contributed by atoms with Crippen molar-refractivity contribution in [3.8, 4) is 0 Å². The van der Waals surface area contributed by atoms with Gasteiger partial charge in [-0.25, -0.2) is 0 Å². The molecule has 0 spiro atoms. The van der Waals surface area contributed by atoms with Crippen LogP contribution in [0, 0.1) is 5.92 Å². The number of halogens is 2. The summed E-state index contributed by atoms with van der Waals surface area (Å²) in [5.41, 5.74) is 0. The second kappa shape index (κ2) is 7.36. The fraction of sp³-hybridized carbons (Fsp3) is 0.357. The molecule has 0 fully saturated rings. The molecular formula is C14H15Cl2NO2S. The van der Waals surface area contributed by atoms with Crippen LogP contribution in [0.5, 0.6) is 0 Å². The minimum Gasteiger partial charge on any atom is -0.396 e. The lowest BCUT2D eigenvalue weighted by Gasteiger charge is -2.12. The monoisotopic (exact) mass is 331 g/mol. The number of carbonyl (C=O) groups is 1. The first-order valence-electron chi connectivity index (χ1n) is 6.25. The van der Waals surface area contributed by atoms with E-state index in [2.05, 4.69) is 5.32 Å². The van der Waals surface area contributed by atoms with Gasteiger partial charge < -0.3 is 10.4 Å². The predicted molar refractivity (Wildman–Crippen MR) is 83.4 cm³/mol. The average molecular weight is 332 g/mol. The van der Waals surface area contributed by atoms with Crippen molar-refractivity contribution in [2.75, 3.05) is 12.4 Å². The Labute approximate surface area is 132 Å². The first kappa shape index (κ1) is 15.7. The number of nitrogens with one attached hydrogen (secondary N) is 1. The second-order valence-electron chi connectivity index (χ2n) is 4.60. The fourth-order valence-corrected chi connectivity index (χ4v) is 3.30. The number of aliphatic hydroxyl groups excluding tert-OH is 1. The number of rotatable bonds is 5. The lowest BCUT2D eigenvalue weighted by Crippen LogP contribution is -2.34. The summed E-state index contributed by atoms with van der Waals surface area (Å²) in [5.74, 6) is 0.378. The van der Waals surface area contributed by atoms with Gasteiger partial charge in [-0.15, -0.1) is 11.8 Å². The minimum absolute atomic E-state index is 0.00934. The van der Waals surface area contributed by atoms with Crippen LogP contribution in [0.2, 0.25) is 10.0 Å². The van der Waals surface area contributed by atoms with Crippen LogP contribution in [0.3, 0.4) is 0 Å². The van der Waals surface area contributed by atoms with E-state index < -0.39 is 0 Å². The highest BCUT2D eigenvalue weighted by molar-refractivity contribution is 8.00. The highest BCUT2D eigenvalue weighted by atomic mass is 35.5. The van der Waals surface area contributed by atoms with E-state index in [1.165, 1.54) is 11.8 Å². The molecule has 2 rings (SSSR count). The van der Waals surface area contributed by atoms with Gasteiger partial charge >= 0.3 is 0 Å². The van der Waals surface area contributed by atoms with E-state index in [1.54, 1.807) is 18.2 Å². The maximum Gasteiger partial charge on any atom is 0.230 e. The zero-order valence-corrected chi connectivity index (χ0v) is 13.0. The Balaban J connectivity index is 1.81. The molecule has 0 saturated carbocycles. The van der Waals surface area contributed by atoms with Gasteiger partial charge in [-0.05, 0) is 24.6 Å². The van der Waals surface area contributed by atoms with Gasteiger partial charge in [-0.1, -0.05) is 35.4 Å². The molecule has 1 amide bonds. The summed E-state index contributed by atoms with van der Waals surface area (Å²) < 4.78 is 0. The molecule has 0 saturated heterocycles. The summed E-state index contributed by atoms with van der Waals surface area (Å²) in [6, 6.07) is 5.19. The van der Waals surface area contributed by atoms with Crippen molar-refractivity contribution in [1.29, 1.82) is 0 Å². The third-order valence-electron chi connectivity index (χ3n) is 3.01. The zero-order chi connectivity index (χ0) is 14.5. The largest absolute Gasteiger partial charge is 0.396 e. The van der Waals surface area contributed by atoms with Gasteiger partial charge in [0.15, 0.2) is 0 Å². The third-order valence-corrected chi connectivity index (χ3v) is 4.74. The Morgan fingerprint density at radius 2 is 2.20 bits per heavy atom. The van der Waals surface area contributed by atoms with Gasteiger partial charge in [-0.3, -0.25) is 4.79 Å². The van der Waals surface area contributed by atoms with E-state index in [0.717, 1.165) is 11.3 Å². The lowest BCUT2D eigenvalue weighted by atomic mass is 10.1. The summed E-state index contributed by atoms with van der Waals surface area (Å²) in [6.07, 6.45) is 4.62. The van der Waals surface area contributed by atoms with Gasteiger partial charge in [0.25, 0.3) is 0 Å². The average Bonchev–Trinajstić information content (AvgIpc) is 2.87. The molecule has 1 aromatic carbocycles. The van der Waals surface area contributed by atoms with Crippen LogP contribution in [-0.2, 0) is 4.79 Å². The molecule has 0 heterocycles. The van der Waals surface area contributed by atoms with Crippen LogP contribution in [-0.4, -0.2) is 29.4 Å². The second-order valence-corrected chi connectivity index (χ2v) is 6.46. The third kappa shape index (κ3) is 4.42. The van der Waals surface area contributed by atoms with E-state index >= 15 is 0 Å². The maximum atomic E-state index is 11.9. The molecular weight excluding hydrogens is 317 g/mol. The Hall–Kier alpha value is -0.680. The number of benzene rings is 1. The van der Waals surface area contributed by atoms with E-state index in [1.807, 2.05) is 12.2 Å². The van der Waals surface area contributed by atoms with Gasteiger partial charge in [-0.2, -0.15) is 0 Å². The van der Waals surface area contributed by atoms with Crippen molar-refractivity contribution in [1.82, 2.24) is 5.32 Å². The first-order valence-corrected chi connectivity index (χ1v) is 7.99. The first-order chi connectivity index (χ1) is 9.58. The molecule has 1 aliphatic rings. The van der Waals surface area contributed by atoms with Crippen LogP contribution in [0.4, 0.5) is 0 Å². The molecule has 108 valence electrons. The molecule has 0 unspecified atom stereocenters. The van der Waals surface area contributed by atoms with Crippen molar-refractivity contribution in [3.63, 3.8) is 0 Å². The SMILES string of the molecule is O=C(CSc1cc(Cl)ccc1Cl)N[C@@H]1C=C[C@H](CO)C1. The van der Waals surface area contributed by atoms with Crippen molar-refractivity contribution in [3.05, 3.63) is 40.4 Å². The van der Waals surface area contributed by atoms with Gasteiger partial charge in [0.2, 0.25) is 5.91 Å². The smallest absolute Gasteiger partial charge is 0.230 e. The molecule has 0 bridgehead atoms. The normalized spacial score (nSPS) is 21.1. The highest BCUT2D eigenvalue weighted by Gasteiger charge is 2.19. The molecule has 2 atom stereocenters. The number of hydrogen-bond acceptors (Lipinski definition) is 3. The van der Waals surface area contributed by atoms with Crippen LogP contribution >= 0.6 is 35.0 Å². The molecule has 3 nitrogen and oxygen atoms in total. The summed E-state index contributed by atoms with van der Waals surface area (Å²) in [6.45, 7) is 0.121. The van der Waals surface area contributed by atoms with Gasteiger partial charge in [0.05, 0.1) is 10.8 Å². The minimum atomic E-state index is -0.0562. The number of aliphatic hydroxyl groups is 1. The quantitative estimate of drug-likeness (QED) is 0.643. The summed E-state index contributed by atoms with van der Waals surface area (Å²) in [5, 5.41) is 13.1. The highest BCUT2D eigenvalue weighted by Crippen LogP contribution is 2.29. The van der Waals surface area contributed by atoms with Crippen LogP contribution in [0.1, 0.15) is 6.42 Å². The number of carbonyl (C=O) groups excluding carboxylic acids is 1. The topological polar surface area (TPSA) is 49.3 Å². The summed E-state index contributed by atoms with van der Waals surface area (Å²) in [4.78, 5) is 12.7. The van der Waals surface area contributed by atoms with Crippen molar-refractivity contribution < 1.29 is 9.90 Å². The Morgan fingerprint density at radius 1 is 1.40 bits per heavy atom. The van der Waals surface area contributed by atoms with Gasteiger partial charge in [0.1, 0.15) is 0 Å². The Bertz CT molecular complexity index is 522. The summed E-state index contributed by atoms with van der Waals surface area (Å²) >= 11 is 13.3. The molecule has 2 N–H and O–H groups in total. The Morgan fingerprint density at radius 3 is 2.90 bits per heavy atom. The van der Waals surface area contributed by atoms with E-state index in [0.29, 0.717) is 10.0 Å². The van der Waals surface area contributed by atoms with E-state index in [-0.39, 0.29) is 30.2 Å². The zero-order valence-electron chi connectivity index (χ0n) is 10.7. The number of hydrogen-bond donors (Lipinski definition) is 2. The molecule has 0 aromatic heterocycles. The molecule has 1 aromatic rings. The van der Waals surface area contributed by atoms with E-state index in [9.17, 15) is 4.79 Å². The molecule has 20 heavy (non-hydrogen) atoms. The van der Waals surface area contributed by atoms with Crippen LogP contribution in [0.25, 0.3) is 0 Å². The Kier molecular flexibility index (Phi) is 5.78. The molecule has 6 heteroatoms. The molecule has 0 radical (unpaired) electrons. The van der Waals surface area contributed by atoms with Crippen molar-refractivity contribution in [2.24, 2.45) is 5.92 Å². The fourth-order valence-electron chi connectivity index (χ4n) is 2.00. The van der Waals surface area contributed by atoms with Crippen molar-refractivity contribution in [2.45, 2.75) is 17.4 Å². The van der Waals surface area contributed by atoms with Crippen molar-refractivity contribution >= 4 is 40.9 Å². The van der Waals surface area contributed by atoms with Crippen LogP contribution in [0.15, 0.2) is 35.2 Å². The molecule has 1 aliphatic carbocycles. The number of amides is 1.